The van der Waals surface area contributed by atoms with Gasteiger partial charge < -0.3 is 10.6 Å². The van der Waals surface area contributed by atoms with Gasteiger partial charge in [0, 0.05) is 19.8 Å². The largest absolute Gasteiger partial charge is 0.399 e. The van der Waals surface area contributed by atoms with Crippen LogP contribution >= 0.6 is 0 Å². The number of aromatic nitrogens is 2. The van der Waals surface area contributed by atoms with Crippen molar-refractivity contribution in [3.05, 3.63) is 54.4 Å². The van der Waals surface area contributed by atoms with Gasteiger partial charge in [-0.25, -0.2) is 4.98 Å². The van der Waals surface area contributed by atoms with Gasteiger partial charge in [0.2, 0.25) is 0 Å². The number of amides is 1. The quantitative estimate of drug-likeness (QED) is 0.733. The second-order valence-corrected chi connectivity index (χ2v) is 5.08. The summed E-state index contributed by atoms with van der Waals surface area (Å²) in [5.74, 6) is -0.0669. The van der Waals surface area contributed by atoms with Gasteiger partial charge in [-0.05, 0) is 30.3 Å². The molecule has 2 aromatic carbocycles. The Morgan fingerprint density at radius 3 is 2.71 bits per heavy atom. The highest BCUT2D eigenvalue weighted by molar-refractivity contribution is 5.98. The summed E-state index contributed by atoms with van der Waals surface area (Å²) in [6.07, 6.45) is 1.71. The summed E-state index contributed by atoms with van der Waals surface area (Å²) in [7, 11) is 3.46. The second-order valence-electron chi connectivity index (χ2n) is 5.08. The third-order valence-corrected chi connectivity index (χ3v) is 3.37. The summed E-state index contributed by atoms with van der Waals surface area (Å²) < 4.78 is 1.89. The van der Waals surface area contributed by atoms with Crippen LogP contribution in [0.3, 0.4) is 0 Å². The molecule has 0 aliphatic heterocycles. The number of nitrogens with two attached hydrogens (primary N) is 1. The fraction of sp³-hybridized carbons (Fsp3) is 0.125. The number of carbonyl (C=O) groups excluding carboxylic acids is 1. The molecule has 3 aromatic rings. The first-order valence-electron chi connectivity index (χ1n) is 6.61. The zero-order valence-corrected chi connectivity index (χ0v) is 11.9. The summed E-state index contributed by atoms with van der Waals surface area (Å²) in [5, 5.41) is 0. The van der Waals surface area contributed by atoms with Gasteiger partial charge >= 0.3 is 0 Å². The van der Waals surface area contributed by atoms with E-state index in [1.807, 2.05) is 28.8 Å². The molecule has 0 aliphatic carbocycles. The highest BCUT2D eigenvalue weighted by Crippen LogP contribution is 2.24. The molecule has 0 spiro atoms. The van der Waals surface area contributed by atoms with Crippen LogP contribution in [-0.4, -0.2) is 34.5 Å². The molecule has 0 aliphatic rings. The van der Waals surface area contributed by atoms with E-state index in [4.69, 9.17) is 5.73 Å². The van der Waals surface area contributed by atoms with Gasteiger partial charge in [0.15, 0.2) is 0 Å². The molecule has 106 valence electrons. The molecule has 21 heavy (non-hydrogen) atoms. The number of nitrogens with zero attached hydrogens (tertiary/aromatic N) is 3. The van der Waals surface area contributed by atoms with Crippen LogP contribution in [0.25, 0.3) is 16.7 Å². The topological polar surface area (TPSA) is 64.2 Å². The first kappa shape index (κ1) is 13.2. The minimum absolute atomic E-state index is 0.0669. The molecule has 2 N–H and O–H groups in total. The number of hydrogen-bond acceptors (Lipinski definition) is 3. The maximum atomic E-state index is 12.4. The molecule has 0 saturated carbocycles. The minimum Gasteiger partial charge on any atom is -0.399 e. The standard InChI is InChI=1S/C16H16N4O/c1-19(2)16(21)12-8-7-11(17)9-15(12)20-10-18-13-5-3-4-6-14(13)20/h3-10H,17H2,1-2H3. The number of carbonyl (C=O) groups is 1. The Hall–Kier alpha value is -2.82. The maximum absolute atomic E-state index is 12.4. The van der Waals surface area contributed by atoms with E-state index in [1.165, 1.54) is 0 Å². The number of fused-ring (bicyclic) bond motifs is 1. The highest BCUT2D eigenvalue weighted by Gasteiger charge is 2.16. The van der Waals surface area contributed by atoms with Gasteiger partial charge in [-0.15, -0.1) is 0 Å². The van der Waals surface area contributed by atoms with Crippen molar-refractivity contribution in [2.24, 2.45) is 0 Å². The van der Waals surface area contributed by atoms with Gasteiger partial charge in [0.25, 0.3) is 5.91 Å². The molecule has 1 heterocycles. The summed E-state index contributed by atoms with van der Waals surface area (Å²) in [4.78, 5) is 18.3. The van der Waals surface area contributed by atoms with Crippen LogP contribution in [0.15, 0.2) is 48.8 Å². The Labute approximate surface area is 122 Å². The van der Waals surface area contributed by atoms with Gasteiger partial charge in [0.1, 0.15) is 6.33 Å². The van der Waals surface area contributed by atoms with Crippen LogP contribution < -0.4 is 5.73 Å². The zero-order chi connectivity index (χ0) is 15.0. The van der Waals surface area contributed by atoms with Crippen molar-refractivity contribution in [3.8, 4) is 5.69 Å². The number of anilines is 1. The van der Waals surface area contributed by atoms with Crippen LogP contribution in [0.2, 0.25) is 0 Å². The van der Waals surface area contributed by atoms with Crippen LogP contribution in [0.4, 0.5) is 5.69 Å². The molecule has 0 atom stereocenters. The summed E-state index contributed by atoms with van der Waals surface area (Å²) in [5.41, 5.74) is 9.66. The molecule has 1 amide bonds. The molecule has 0 bridgehead atoms. The molecule has 1 aromatic heterocycles. The lowest BCUT2D eigenvalue weighted by molar-refractivity contribution is 0.0827. The van der Waals surface area contributed by atoms with E-state index in [1.54, 1.807) is 43.5 Å². The highest BCUT2D eigenvalue weighted by atomic mass is 16.2. The van der Waals surface area contributed by atoms with E-state index in [9.17, 15) is 4.79 Å². The average Bonchev–Trinajstić information content (AvgIpc) is 2.90. The van der Waals surface area contributed by atoms with Crippen LogP contribution in [0.1, 0.15) is 10.4 Å². The molecule has 0 unspecified atom stereocenters. The van der Waals surface area contributed by atoms with Crippen molar-refractivity contribution >= 4 is 22.6 Å². The van der Waals surface area contributed by atoms with Crippen LogP contribution in [0.5, 0.6) is 0 Å². The molecule has 5 heteroatoms. The minimum atomic E-state index is -0.0669. The third-order valence-electron chi connectivity index (χ3n) is 3.37. The van der Waals surface area contributed by atoms with E-state index < -0.39 is 0 Å². The Morgan fingerprint density at radius 2 is 1.95 bits per heavy atom. The number of para-hydroxylation sites is 2. The summed E-state index contributed by atoms with van der Waals surface area (Å²) >= 11 is 0. The predicted octanol–water partition coefficient (Wildman–Crippen LogP) is 2.31. The van der Waals surface area contributed by atoms with Crippen molar-refractivity contribution in [2.45, 2.75) is 0 Å². The molecule has 0 radical (unpaired) electrons. The number of rotatable bonds is 2. The van der Waals surface area contributed by atoms with Crippen molar-refractivity contribution < 1.29 is 4.79 Å². The number of benzene rings is 2. The SMILES string of the molecule is CN(C)C(=O)c1ccc(N)cc1-n1cnc2ccccc21. The van der Waals surface area contributed by atoms with E-state index >= 15 is 0 Å². The fourth-order valence-electron chi connectivity index (χ4n) is 2.32. The van der Waals surface area contributed by atoms with Gasteiger partial charge in [-0.2, -0.15) is 0 Å². The van der Waals surface area contributed by atoms with Crippen molar-refractivity contribution in [3.63, 3.8) is 0 Å². The Morgan fingerprint density at radius 1 is 1.19 bits per heavy atom. The normalized spacial score (nSPS) is 10.8. The molecular weight excluding hydrogens is 264 g/mol. The van der Waals surface area contributed by atoms with E-state index in [0.717, 1.165) is 16.7 Å². The zero-order valence-electron chi connectivity index (χ0n) is 11.9. The number of nitrogen functional groups attached to an aromatic ring is 1. The van der Waals surface area contributed by atoms with Crippen molar-refractivity contribution in [1.29, 1.82) is 0 Å². The Balaban J connectivity index is 2.26. The van der Waals surface area contributed by atoms with Crippen molar-refractivity contribution in [2.75, 3.05) is 19.8 Å². The van der Waals surface area contributed by atoms with Gasteiger partial charge in [-0.3, -0.25) is 9.36 Å². The second kappa shape index (κ2) is 4.94. The van der Waals surface area contributed by atoms with E-state index in [-0.39, 0.29) is 5.91 Å². The van der Waals surface area contributed by atoms with Crippen LogP contribution in [-0.2, 0) is 0 Å². The molecular formula is C16H16N4O. The van der Waals surface area contributed by atoms with Gasteiger partial charge in [0.05, 0.1) is 22.3 Å². The molecule has 0 saturated heterocycles. The molecule has 3 rings (SSSR count). The summed E-state index contributed by atoms with van der Waals surface area (Å²) in [6.45, 7) is 0. The molecule has 0 fully saturated rings. The fourth-order valence-corrected chi connectivity index (χ4v) is 2.32. The average molecular weight is 280 g/mol. The Kier molecular flexibility index (Phi) is 3.10. The maximum Gasteiger partial charge on any atom is 0.255 e. The first-order chi connectivity index (χ1) is 10.1. The predicted molar refractivity (Wildman–Crippen MR) is 83.5 cm³/mol. The third kappa shape index (κ3) is 2.23. The lowest BCUT2D eigenvalue weighted by Crippen LogP contribution is -2.23. The molecule has 5 nitrogen and oxygen atoms in total. The number of imidazole rings is 1. The lowest BCUT2D eigenvalue weighted by Gasteiger charge is -2.15. The Bertz CT molecular complexity index is 820. The van der Waals surface area contributed by atoms with E-state index in [0.29, 0.717) is 11.3 Å². The first-order valence-corrected chi connectivity index (χ1v) is 6.61. The van der Waals surface area contributed by atoms with Crippen LogP contribution in [0, 0.1) is 0 Å². The lowest BCUT2D eigenvalue weighted by atomic mass is 10.1. The van der Waals surface area contributed by atoms with Crippen molar-refractivity contribution in [1.82, 2.24) is 14.5 Å². The van der Waals surface area contributed by atoms with E-state index in [2.05, 4.69) is 4.98 Å². The van der Waals surface area contributed by atoms with Gasteiger partial charge in [-0.1, -0.05) is 12.1 Å². The monoisotopic (exact) mass is 280 g/mol. The number of hydrogen-bond donors (Lipinski definition) is 1. The summed E-state index contributed by atoms with van der Waals surface area (Å²) in [6, 6.07) is 13.1. The smallest absolute Gasteiger partial charge is 0.255 e.